The van der Waals surface area contributed by atoms with E-state index < -0.39 is 0 Å². The fourth-order valence-corrected chi connectivity index (χ4v) is 5.47. The first-order valence-electron chi connectivity index (χ1n) is 8.82. The van der Waals surface area contributed by atoms with Gasteiger partial charge in [-0.25, -0.2) is 4.68 Å². The van der Waals surface area contributed by atoms with Crippen molar-refractivity contribution in [2.45, 2.75) is 13.0 Å². The molecule has 3 aromatic rings. The maximum absolute atomic E-state index is 6.67. The maximum atomic E-state index is 6.67. The molecular formula is C18H19ClN6S. The highest BCUT2D eigenvalue weighted by atomic mass is 35.5. The fourth-order valence-electron chi connectivity index (χ4n) is 4.13. The summed E-state index contributed by atoms with van der Waals surface area (Å²) in [6.45, 7) is 5.55. The van der Waals surface area contributed by atoms with Crippen molar-refractivity contribution in [3.63, 3.8) is 0 Å². The maximum Gasteiger partial charge on any atom is 0.208 e. The Morgan fingerprint density at radius 1 is 1.23 bits per heavy atom. The van der Waals surface area contributed by atoms with Gasteiger partial charge in [0.15, 0.2) is 5.01 Å². The molecule has 0 amide bonds. The van der Waals surface area contributed by atoms with Gasteiger partial charge in [0.1, 0.15) is 0 Å². The molecule has 2 saturated heterocycles. The van der Waals surface area contributed by atoms with Gasteiger partial charge < -0.3 is 10.2 Å². The zero-order valence-electron chi connectivity index (χ0n) is 14.3. The lowest BCUT2D eigenvalue weighted by Crippen LogP contribution is -2.33. The van der Waals surface area contributed by atoms with Gasteiger partial charge in [-0.1, -0.05) is 35.1 Å². The summed E-state index contributed by atoms with van der Waals surface area (Å²) in [6.07, 6.45) is 3.63. The summed E-state index contributed by atoms with van der Waals surface area (Å²) in [4.78, 5) is 2.41. The molecule has 4 heterocycles. The van der Waals surface area contributed by atoms with Crippen LogP contribution in [0.5, 0.6) is 0 Å². The summed E-state index contributed by atoms with van der Waals surface area (Å²) in [5, 5.41) is 19.2. The van der Waals surface area contributed by atoms with E-state index >= 15 is 0 Å². The number of benzene rings is 1. The van der Waals surface area contributed by atoms with Crippen molar-refractivity contribution >= 4 is 28.1 Å². The molecule has 1 N–H and O–H groups in total. The van der Waals surface area contributed by atoms with E-state index in [0.717, 1.165) is 41.0 Å². The van der Waals surface area contributed by atoms with Crippen LogP contribution in [-0.4, -0.2) is 45.7 Å². The zero-order chi connectivity index (χ0) is 17.7. The van der Waals surface area contributed by atoms with E-state index in [-0.39, 0.29) is 0 Å². The number of halogens is 1. The predicted octanol–water partition coefficient (Wildman–Crippen LogP) is 3.09. The summed E-state index contributed by atoms with van der Waals surface area (Å²) < 4.78 is 1.77. The molecule has 8 heteroatoms. The van der Waals surface area contributed by atoms with Crippen molar-refractivity contribution in [2.75, 3.05) is 24.5 Å². The van der Waals surface area contributed by atoms with Gasteiger partial charge in [-0.3, -0.25) is 0 Å². The average molecular weight is 387 g/mol. The number of hydrogen-bond donors (Lipinski definition) is 1. The van der Waals surface area contributed by atoms with Crippen LogP contribution >= 0.6 is 22.9 Å². The van der Waals surface area contributed by atoms with Crippen LogP contribution in [0.15, 0.2) is 36.7 Å². The third-order valence-corrected chi connectivity index (χ3v) is 6.95. The Labute approximate surface area is 160 Å². The molecule has 0 saturated carbocycles. The number of rotatable bonds is 3. The molecule has 6 nitrogen and oxygen atoms in total. The molecule has 0 aliphatic carbocycles. The molecule has 2 fully saturated rings. The number of nitrogens with one attached hydrogen (secondary N) is 1. The van der Waals surface area contributed by atoms with Crippen molar-refractivity contribution in [1.82, 2.24) is 25.3 Å². The topological polar surface area (TPSA) is 58.9 Å². The Bertz CT molecular complexity index is 924. The van der Waals surface area contributed by atoms with Crippen LogP contribution in [0.1, 0.15) is 6.92 Å². The SMILES string of the molecule is CC1[C@@H]2CNC[C@@H]2CN1c1nnc(-c2cccc(-n3cccn3)c2Cl)s1. The number of nitrogens with zero attached hydrogens (tertiary/aromatic N) is 5. The minimum absolute atomic E-state index is 0.488. The van der Waals surface area contributed by atoms with Crippen LogP contribution in [-0.2, 0) is 0 Å². The molecule has 0 radical (unpaired) electrons. The molecule has 0 bridgehead atoms. The third-order valence-electron chi connectivity index (χ3n) is 5.55. The van der Waals surface area contributed by atoms with E-state index in [1.807, 2.05) is 30.5 Å². The van der Waals surface area contributed by atoms with Gasteiger partial charge in [-0.05, 0) is 30.9 Å². The Morgan fingerprint density at radius 3 is 2.96 bits per heavy atom. The number of aromatic nitrogens is 4. The lowest BCUT2D eigenvalue weighted by atomic mass is 9.95. The van der Waals surface area contributed by atoms with Gasteiger partial charge in [-0.15, -0.1) is 10.2 Å². The van der Waals surface area contributed by atoms with E-state index in [1.165, 1.54) is 0 Å². The van der Waals surface area contributed by atoms with Gasteiger partial charge in [0, 0.05) is 43.6 Å². The molecule has 134 valence electrons. The smallest absolute Gasteiger partial charge is 0.208 e. The molecule has 2 aliphatic rings. The number of anilines is 1. The summed E-state index contributed by atoms with van der Waals surface area (Å²) in [5.74, 6) is 1.41. The van der Waals surface area contributed by atoms with Crippen LogP contribution in [0.3, 0.4) is 0 Å². The standard InChI is InChI=1S/C18H19ClN6S/c1-11-14-9-20-8-12(14)10-24(11)18-23-22-17(26-18)13-4-2-5-15(16(13)19)25-7-3-6-21-25/h2-7,11-12,14,20H,8-10H2,1H3/t11?,12-,14+/m1/s1. The quantitative estimate of drug-likeness (QED) is 0.749. The Hall–Kier alpha value is -1.96. The third kappa shape index (κ3) is 2.53. The predicted molar refractivity (Wildman–Crippen MR) is 104 cm³/mol. The minimum atomic E-state index is 0.488. The Morgan fingerprint density at radius 2 is 2.15 bits per heavy atom. The molecule has 2 aromatic heterocycles. The van der Waals surface area contributed by atoms with Crippen LogP contribution in [0, 0.1) is 11.8 Å². The highest BCUT2D eigenvalue weighted by Gasteiger charge is 2.42. The highest BCUT2D eigenvalue weighted by molar-refractivity contribution is 7.18. The molecular weight excluding hydrogens is 368 g/mol. The molecule has 2 aliphatic heterocycles. The number of hydrogen-bond acceptors (Lipinski definition) is 6. The van der Waals surface area contributed by atoms with Crippen molar-refractivity contribution in [3.05, 3.63) is 41.7 Å². The van der Waals surface area contributed by atoms with Gasteiger partial charge >= 0.3 is 0 Å². The second-order valence-corrected chi connectivity index (χ2v) is 8.29. The van der Waals surface area contributed by atoms with E-state index in [2.05, 4.69) is 32.4 Å². The largest absolute Gasteiger partial charge is 0.343 e. The van der Waals surface area contributed by atoms with Crippen LogP contribution in [0.2, 0.25) is 5.02 Å². The van der Waals surface area contributed by atoms with Crippen LogP contribution in [0.25, 0.3) is 16.3 Å². The highest BCUT2D eigenvalue weighted by Crippen LogP contribution is 2.40. The molecule has 0 spiro atoms. The summed E-state index contributed by atoms with van der Waals surface area (Å²) in [7, 11) is 0. The first-order valence-corrected chi connectivity index (χ1v) is 10.0. The fraction of sp³-hybridized carbons (Fsp3) is 0.389. The molecule has 1 unspecified atom stereocenters. The molecule has 3 atom stereocenters. The van der Waals surface area contributed by atoms with E-state index in [0.29, 0.717) is 22.9 Å². The first-order chi connectivity index (χ1) is 12.7. The van der Waals surface area contributed by atoms with Crippen LogP contribution < -0.4 is 10.2 Å². The van der Waals surface area contributed by atoms with E-state index in [4.69, 9.17) is 11.6 Å². The summed E-state index contributed by atoms with van der Waals surface area (Å²) in [6, 6.07) is 8.30. The van der Waals surface area contributed by atoms with Gasteiger partial charge in [0.05, 0.1) is 10.7 Å². The van der Waals surface area contributed by atoms with E-state index in [1.54, 1.807) is 22.2 Å². The molecule has 5 rings (SSSR count). The summed E-state index contributed by atoms with van der Waals surface area (Å²) in [5.41, 5.74) is 1.75. The average Bonchev–Trinajstić information content (AvgIpc) is 3.42. The van der Waals surface area contributed by atoms with Gasteiger partial charge in [0.25, 0.3) is 0 Å². The second-order valence-electron chi connectivity index (χ2n) is 6.95. The lowest BCUT2D eigenvalue weighted by molar-refractivity contribution is 0.471. The minimum Gasteiger partial charge on any atom is -0.343 e. The molecule has 26 heavy (non-hydrogen) atoms. The van der Waals surface area contributed by atoms with Gasteiger partial charge in [-0.2, -0.15) is 5.10 Å². The normalized spacial score (nSPS) is 25.0. The molecule has 1 aromatic carbocycles. The lowest BCUT2D eigenvalue weighted by Gasteiger charge is -2.22. The van der Waals surface area contributed by atoms with E-state index in [9.17, 15) is 0 Å². The Kier molecular flexibility index (Phi) is 3.95. The second kappa shape index (κ2) is 6.33. The Balaban J connectivity index is 1.47. The van der Waals surface area contributed by atoms with Gasteiger partial charge in [0.2, 0.25) is 5.13 Å². The summed E-state index contributed by atoms with van der Waals surface area (Å²) >= 11 is 8.28. The van der Waals surface area contributed by atoms with Crippen molar-refractivity contribution < 1.29 is 0 Å². The monoisotopic (exact) mass is 386 g/mol. The van der Waals surface area contributed by atoms with Crippen molar-refractivity contribution in [1.29, 1.82) is 0 Å². The van der Waals surface area contributed by atoms with Crippen molar-refractivity contribution in [3.8, 4) is 16.3 Å². The zero-order valence-corrected chi connectivity index (χ0v) is 15.9. The van der Waals surface area contributed by atoms with Crippen LogP contribution in [0.4, 0.5) is 5.13 Å². The van der Waals surface area contributed by atoms with Crippen molar-refractivity contribution in [2.24, 2.45) is 11.8 Å². The number of fused-ring (bicyclic) bond motifs is 1. The first kappa shape index (κ1) is 16.2.